The first kappa shape index (κ1) is 16.8. The van der Waals surface area contributed by atoms with Crippen molar-refractivity contribution in [2.24, 2.45) is 5.73 Å². The molecule has 6 heteroatoms. The fourth-order valence-corrected chi connectivity index (χ4v) is 2.61. The van der Waals surface area contributed by atoms with Gasteiger partial charge in [-0.15, -0.1) is 23.7 Å². The first-order chi connectivity index (χ1) is 9.03. The van der Waals surface area contributed by atoms with E-state index in [2.05, 4.69) is 25.2 Å². The van der Waals surface area contributed by atoms with Crippen molar-refractivity contribution in [3.05, 3.63) is 46.0 Å². The molecule has 0 aromatic carbocycles. The molecule has 0 bridgehead atoms. The molecule has 0 saturated heterocycles. The molecule has 0 atom stereocenters. The summed E-state index contributed by atoms with van der Waals surface area (Å²) in [6, 6.07) is 5.78. The Balaban J connectivity index is 0.00000200. The van der Waals surface area contributed by atoms with Crippen LogP contribution in [0.3, 0.4) is 0 Å². The van der Waals surface area contributed by atoms with Crippen LogP contribution in [-0.4, -0.2) is 12.5 Å². The van der Waals surface area contributed by atoms with Gasteiger partial charge >= 0.3 is 0 Å². The molecule has 0 unspecified atom stereocenters. The van der Waals surface area contributed by atoms with E-state index in [1.165, 1.54) is 11.1 Å². The van der Waals surface area contributed by atoms with Gasteiger partial charge in [0.1, 0.15) is 12.0 Å². The largest absolute Gasteiger partial charge is 0.467 e. The zero-order valence-corrected chi connectivity index (χ0v) is 13.1. The molecule has 0 radical (unpaired) electrons. The summed E-state index contributed by atoms with van der Waals surface area (Å²) in [7, 11) is 0. The lowest BCUT2D eigenvalue weighted by Gasteiger charge is -2.23. The van der Waals surface area contributed by atoms with Gasteiger partial charge in [0.25, 0.3) is 5.91 Å². The molecule has 110 valence electrons. The van der Waals surface area contributed by atoms with E-state index in [9.17, 15) is 4.79 Å². The van der Waals surface area contributed by atoms with Gasteiger partial charge in [-0.1, -0.05) is 19.9 Å². The number of thiophene rings is 1. The van der Waals surface area contributed by atoms with Crippen LogP contribution in [0.25, 0.3) is 0 Å². The summed E-state index contributed by atoms with van der Waals surface area (Å²) < 4.78 is 5.16. The van der Waals surface area contributed by atoms with Crippen LogP contribution in [-0.2, 0) is 12.0 Å². The minimum atomic E-state index is -0.131. The molecule has 0 spiro atoms. The second kappa shape index (κ2) is 6.92. The van der Waals surface area contributed by atoms with Crippen molar-refractivity contribution in [2.45, 2.75) is 25.8 Å². The fraction of sp³-hybridized carbons (Fsp3) is 0.357. The predicted octanol–water partition coefficient (Wildman–Crippen LogP) is 2.93. The first-order valence-corrected chi connectivity index (χ1v) is 7.00. The Hall–Kier alpha value is -1.30. The number of amides is 1. The standard InChI is InChI=1S/C14H18N2O2S.ClH/c1-14(2,12-4-3-5-19-12)9-16-13(17)10-6-11(7-15)18-8-10;/h3-6,8H,7,9,15H2,1-2H3,(H,16,17);1H. The highest BCUT2D eigenvalue weighted by molar-refractivity contribution is 7.10. The summed E-state index contributed by atoms with van der Waals surface area (Å²) in [6.45, 7) is 5.10. The number of halogens is 1. The van der Waals surface area contributed by atoms with Crippen LogP contribution in [0, 0.1) is 0 Å². The zero-order chi connectivity index (χ0) is 13.9. The van der Waals surface area contributed by atoms with Crippen LogP contribution in [0.1, 0.15) is 34.8 Å². The average molecular weight is 315 g/mol. The number of hydrogen-bond acceptors (Lipinski definition) is 4. The van der Waals surface area contributed by atoms with Crippen molar-refractivity contribution in [3.8, 4) is 0 Å². The Labute approximate surface area is 128 Å². The van der Waals surface area contributed by atoms with E-state index in [1.54, 1.807) is 17.4 Å². The van der Waals surface area contributed by atoms with Crippen molar-refractivity contribution < 1.29 is 9.21 Å². The summed E-state index contributed by atoms with van der Waals surface area (Å²) in [6.07, 6.45) is 1.44. The topological polar surface area (TPSA) is 68.3 Å². The van der Waals surface area contributed by atoms with Crippen molar-refractivity contribution in [1.29, 1.82) is 0 Å². The van der Waals surface area contributed by atoms with E-state index in [4.69, 9.17) is 10.2 Å². The van der Waals surface area contributed by atoms with E-state index in [1.807, 2.05) is 11.4 Å². The lowest BCUT2D eigenvalue weighted by atomic mass is 9.91. The zero-order valence-electron chi connectivity index (χ0n) is 11.5. The van der Waals surface area contributed by atoms with Crippen molar-refractivity contribution >= 4 is 29.7 Å². The summed E-state index contributed by atoms with van der Waals surface area (Å²) in [4.78, 5) is 13.2. The van der Waals surface area contributed by atoms with E-state index in [0.29, 0.717) is 24.4 Å². The number of rotatable bonds is 5. The van der Waals surface area contributed by atoms with Crippen LogP contribution in [0.15, 0.2) is 34.3 Å². The molecule has 0 aliphatic rings. The van der Waals surface area contributed by atoms with Gasteiger partial charge in [0.05, 0.1) is 12.1 Å². The highest BCUT2D eigenvalue weighted by atomic mass is 35.5. The van der Waals surface area contributed by atoms with E-state index >= 15 is 0 Å². The van der Waals surface area contributed by atoms with Crippen LogP contribution in [0.5, 0.6) is 0 Å². The third-order valence-electron chi connectivity index (χ3n) is 3.00. The molecule has 2 rings (SSSR count). The van der Waals surface area contributed by atoms with Gasteiger partial charge in [-0.05, 0) is 17.5 Å². The molecule has 0 aliphatic heterocycles. The second-order valence-electron chi connectivity index (χ2n) is 5.05. The lowest BCUT2D eigenvalue weighted by Crippen LogP contribution is -2.36. The number of carbonyl (C=O) groups is 1. The maximum Gasteiger partial charge on any atom is 0.254 e. The van der Waals surface area contributed by atoms with Crippen molar-refractivity contribution in [1.82, 2.24) is 5.32 Å². The van der Waals surface area contributed by atoms with E-state index in [0.717, 1.165) is 0 Å². The van der Waals surface area contributed by atoms with E-state index in [-0.39, 0.29) is 23.7 Å². The number of carbonyl (C=O) groups excluding carboxylic acids is 1. The molecule has 0 saturated carbocycles. The van der Waals surface area contributed by atoms with Gasteiger partial charge in [-0.3, -0.25) is 4.79 Å². The Morgan fingerprint density at radius 3 is 2.80 bits per heavy atom. The van der Waals surface area contributed by atoms with Crippen LogP contribution in [0.4, 0.5) is 0 Å². The molecule has 20 heavy (non-hydrogen) atoms. The Kier molecular flexibility index (Phi) is 5.80. The smallest absolute Gasteiger partial charge is 0.254 e. The van der Waals surface area contributed by atoms with Crippen LogP contribution in [0.2, 0.25) is 0 Å². The SMILES string of the molecule is CC(C)(CNC(=O)c1coc(CN)c1)c1cccs1.Cl. The second-order valence-corrected chi connectivity index (χ2v) is 6.00. The molecular weight excluding hydrogens is 296 g/mol. The number of hydrogen-bond donors (Lipinski definition) is 2. The van der Waals surface area contributed by atoms with Crippen molar-refractivity contribution in [2.75, 3.05) is 6.54 Å². The highest BCUT2D eigenvalue weighted by Crippen LogP contribution is 2.26. The molecule has 0 fully saturated rings. The van der Waals surface area contributed by atoms with Gasteiger partial charge in [0.2, 0.25) is 0 Å². The van der Waals surface area contributed by atoms with Crippen LogP contribution < -0.4 is 11.1 Å². The molecular formula is C14H19ClN2O2S. The van der Waals surface area contributed by atoms with Gasteiger partial charge in [-0.2, -0.15) is 0 Å². The van der Waals surface area contributed by atoms with Gasteiger partial charge in [-0.25, -0.2) is 0 Å². The summed E-state index contributed by atoms with van der Waals surface area (Å²) in [5.41, 5.74) is 5.88. The number of nitrogens with two attached hydrogens (primary N) is 1. The minimum Gasteiger partial charge on any atom is -0.467 e. The Bertz CT molecular complexity index is 549. The summed E-state index contributed by atoms with van der Waals surface area (Å²) in [5, 5.41) is 4.98. The maximum absolute atomic E-state index is 12.0. The fourth-order valence-electron chi connectivity index (χ4n) is 1.76. The van der Waals surface area contributed by atoms with Gasteiger partial charge in [0, 0.05) is 16.8 Å². The molecule has 0 aliphatic carbocycles. The highest BCUT2D eigenvalue weighted by Gasteiger charge is 2.23. The summed E-state index contributed by atoms with van der Waals surface area (Å²) >= 11 is 1.70. The number of furan rings is 1. The van der Waals surface area contributed by atoms with Gasteiger partial charge in [0.15, 0.2) is 0 Å². The van der Waals surface area contributed by atoms with Crippen LogP contribution >= 0.6 is 23.7 Å². The quantitative estimate of drug-likeness (QED) is 0.891. The maximum atomic E-state index is 12.0. The minimum absolute atomic E-state index is 0. The normalized spacial score (nSPS) is 10.9. The van der Waals surface area contributed by atoms with E-state index < -0.39 is 0 Å². The monoisotopic (exact) mass is 314 g/mol. The molecule has 4 nitrogen and oxygen atoms in total. The van der Waals surface area contributed by atoms with Gasteiger partial charge < -0.3 is 15.5 Å². The Morgan fingerprint density at radius 2 is 2.25 bits per heavy atom. The summed E-state index contributed by atoms with van der Waals surface area (Å²) in [5.74, 6) is 0.482. The predicted molar refractivity (Wildman–Crippen MR) is 83.5 cm³/mol. The van der Waals surface area contributed by atoms with Crippen molar-refractivity contribution in [3.63, 3.8) is 0 Å². The Morgan fingerprint density at radius 1 is 1.50 bits per heavy atom. The number of nitrogens with one attached hydrogen (secondary N) is 1. The third kappa shape index (κ3) is 3.85. The molecule has 2 aromatic heterocycles. The lowest BCUT2D eigenvalue weighted by molar-refractivity contribution is 0.0945. The molecule has 3 N–H and O–H groups in total. The molecule has 2 heterocycles. The average Bonchev–Trinajstić information content (AvgIpc) is 3.06. The first-order valence-electron chi connectivity index (χ1n) is 6.12. The third-order valence-corrected chi connectivity index (χ3v) is 4.23. The molecule has 2 aromatic rings. The molecule has 1 amide bonds.